The van der Waals surface area contributed by atoms with Gasteiger partial charge >= 0.3 is 0 Å². The maximum Gasteiger partial charge on any atom is 0.300 e. The first-order valence-corrected chi connectivity index (χ1v) is 14.2. The van der Waals surface area contributed by atoms with Gasteiger partial charge in [-0.25, -0.2) is 0 Å². The van der Waals surface area contributed by atoms with E-state index in [0.29, 0.717) is 11.8 Å². The van der Waals surface area contributed by atoms with Gasteiger partial charge in [-0.1, -0.05) is 38.1 Å². The molecule has 2 aromatic carbocycles. The number of carboxylic acids is 1. The monoisotopic (exact) mass is 562 g/mol. The largest absolute Gasteiger partial charge is 0.481 e. The standard InChI is InChI=1S/C31H30N6O.C2H4O2/c1-18-13-33-30(34-14-18)22-5-3-20-9-27(37-26(20)10-22)25-8-7-24(17-32-25)29-11-21-4-6-23(12-28(21)38-29)31-35-15-19(2)16-36-31;1-2(3)4/h3-12,17-19,37H,13-16H2,1-2H3,(H,33,34)(H,35,36);1H3,(H,3,4). The Morgan fingerprint density at radius 3 is 2.05 bits per heavy atom. The number of hydrogen-bond acceptors (Lipinski definition) is 7. The van der Waals surface area contributed by atoms with E-state index in [1.54, 1.807) is 0 Å². The smallest absolute Gasteiger partial charge is 0.300 e. The number of pyridine rings is 1. The Kier molecular flexibility index (Phi) is 7.48. The minimum absolute atomic E-state index is 0.563. The Morgan fingerprint density at radius 2 is 1.45 bits per heavy atom. The van der Waals surface area contributed by atoms with Crippen molar-refractivity contribution in [3.63, 3.8) is 0 Å². The molecular weight excluding hydrogens is 528 g/mol. The number of carbonyl (C=O) groups is 1. The number of aliphatic carboxylic acids is 1. The third-order valence-electron chi connectivity index (χ3n) is 7.37. The SMILES string of the molecule is CC(=O)O.CC1CN=C(c2ccc3cc(-c4ccc(-c5cc6ccc(C7=NCC(C)CN7)cc6o5)cn4)[nH]c3c2)NC1. The van der Waals surface area contributed by atoms with Gasteiger partial charge in [0.1, 0.15) is 23.0 Å². The van der Waals surface area contributed by atoms with Gasteiger partial charge in [0.15, 0.2) is 0 Å². The van der Waals surface area contributed by atoms with Gasteiger partial charge in [-0.2, -0.15) is 0 Å². The number of furan rings is 1. The van der Waals surface area contributed by atoms with E-state index < -0.39 is 5.97 Å². The topological polar surface area (TPSA) is 128 Å². The van der Waals surface area contributed by atoms with Crippen molar-refractivity contribution in [1.29, 1.82) is 0 Å². The van der Waals surface area contributed by atoms with Crippen molar-refractivity contribution < 1.29 is 14.3 Å². The number of nitrogens with zero attached hydrogens (tertiary/aromatic N) is 3. The Labute approximate surface area is 243 Å². The van der Waals surface area contributed by atoms with Crippen LogP contribution in [0, 0.1) is 11.8 Å². The van der Waals surface area contributed by atoms with Gasteiger partial charge in [-0.3, -0.25) is 19.8 Å². The summed E-state index contributed by atoms with van der Waals surface area (Å²) in [6, 6.07) is 21.0. The molecule has 2 aliphatic rings. The van der Waals surface area contributed by atoms with E-state index in [9.17, 15) is 0 Å². The molecule has 0 radical (unpaired) electrons. The van der Waals surface area contributed by atoms with Crippen LogP contribution in [-0.2, 0) is 4.79 Å². The van der Waals surface area contributed by atoms with Crippen LogP contribution in [0.2, 0.25) is 0 Å². The summed E-state index contributed by atoms with van der Waals surface area (Å²) >= 11 is 0. The molecule has 0 saturated carbocycles. The van der Waals surface area contributed by atoms with Gasteiger partial charge in [0, 0.05) is 72.3 Å². The van der Waals surface area contributed by atoms with E-state index in [1.165, 1.54) is 0 Å². The van der Waals surface area contributed by atoms with Crippen molar-refractivity contribution in [2.75, 3.05) is 26.2 Å². The minimum atomic E-state index is -0.833. The summed E-state index contributed by atoms with van der Waals surface area (Å²) in [4.78, 5) is 26.7. The summed E-state index contributed by atoms with van der Waals surface area (Å²) in [5.41, 5.74) is 6.91. The van der Waals surface area contributed by atoms with Crippen LogP contribution < -0.4 is 10.6 Å². The zero-order valence-electron chi connectivity index (χ0n) is 23.9. The van der Waals surface area contributed by atoms with Crippen LogP contribution >= 0.6 is 0 Å². The van der Waals surface area contributed by atoms with Crippen LogP contribution in [-0.4, -0.2) is 58.9 Å². The van der Waals surface area contributed by atoms with Crippen LogP contribution in [0.5, 0.6) is 0 Å². The predicted molar refractivity (Wildman–Crippen MR) is 167 cm³/mol. The van der Waals surface area contributed by atoms with Gasteiger partial charge < -0.3 is 25.1 Å². The number of nitrogens with one attached hydrogen (secondary N) is 3. The number of amidine groups is 2. The Bertz CT molecular complexity index is 1680. The van der Waals surface area contributed by atoms with E-state index in [-0.39, 0.29) is 0 Å². The molecule has 0 aliphatic carbocycles. The fourth-order valence-corrected chi connectivity index (χ4v) is 5.10. The van der Waals surface area contributed by atoms with E-state index in [4.69, 9.17) is 24.3 Å². The van der Waals surface area contributed by atoms with Crippen molar-refractivity contribution in [3.8, 4) is 22.7 Å². The average molecular weight is 563 g/mol. The first-order valence-electron chi connectivity index (χ1n) is 14.2. The van der Waals surface area contributed by atoms with Crippen LogP contribution in [0.15, 0.2) is 81.3 Å². The first-order chi connectivity index (χ1) is 20.3. The molecular formula is C33H34N6O3. The number of aromatic amines is 1. The molecule has 2 unspecified atom stereocenters. The molecule has 0 amide bonds. The molecule has 0 fully saturated rings. The van der Waals surface area contributed by atoms with Gasteiger partial charge in [0.2, 0.25) is 0 Å². The lowest BCUT2D eigenvalue weighted by molar-refractivity contribution is -0.134. The number of benzene rings is 2. The van der Waals surface area contributed by atoms with E-state index in [0.717, 1.165) is 100 Å². The Hall–Kier alpha value is -4.92. The average Bonchev–Trinajstić information content (AvgIpc) is 3.61. The van der Waals surface area contributed by atoms with Crippen molar-refractivity contribution in [1.82, 2.24) is 20.6 Å². The van der Waals surface area contributed by atoms with Crippen molar-refractivity contribution in [3.05, 3.63) is 78.0 Å². The molecule has 0 bridgehead atoms. The normalized spacial score (nSPS) is 18.4. The van der Waals surface area contributed by atoms with Gasteiger partial charge in [0.25, 0.3) is 5.97 Å². The molecule has 0 spiro atoms. The van der Waals surface area contributed by atoms with Crippen LogP contribution in [0.1, 0.15) is 31.9 Å². The second-order valence-corrected chi connectivity index (χ2v) is 11.2. The molecule has 5 aromatic rings. The summed E-state index contributed by atoms with van der Waals surface area (Å²) < 4.78 is 6.23. The maximum atomic E-state index is 9.00. The van der Waals surface area contributed by atoms with Gasteiger partial charge in [-0.05, 0) is 48.2 Å². The molecule has 3 aromatic heterocycles. The predicted octanol–water partition coefficient (Wildman–Crippen LogP) is 5.71. The fraction of sp³-hybridized carbons (Fsp3) is 0.273. The minimum Gasteiger partial charge on any atom is -0.481 e. The highest BCUT2D eigenvalue weighted by molar-refractivity contribution is 6.03. The summed E-state index contributed by atoms with van der Waals surface area (Å²) in [5, 5.41) is 16.5. The lowest BCUT2D eigenvalue weighted by Gasteiger charge is -2.19. The lowest BCUT2D eigenvalue weighted by Crippen LogP contribution is -2.35. The molecule has 42 heavy (non-hydrogen) atoms. The maximum absolute atomic E-state index is 9.00. The molecule has 214 valence electrons. The highest BCUT2D eigenvalue weighted by atomic mass is 16.4. The first kappa shape index (κ1) is 27.3. The molecule has 4 N–H and O–H groups in total. The van der Waals surface area contributed by atoms with Crippen LogP contribution in [0.3, 0.4) is 0 Å². The van der Waals surface area contributed by atoms with Crippen molar-refractivity contribution in [2.24, 2.45) is 21.8 Å². The Balaban J connectivity index is 0.000000744. The molecule has 7 rings (SSSR count). The van der Waals surface area contributed by atoms with Crippen molar-refractivity contribution >= 4 is 39.5 Å². The van der Waals surface area contributed by atoms with Crippen LogP contribution in [0.25, 0.3) is 44.6 Å². The zero-order chi connectivity index (χ0) is 29.2. The van der Waals surface area contributed by atoms with Gasteiger partial charge in [-0.15, -0.1) is 0 Å². The number of aromatic nitrogens is 2. The van der Waals surface area contributed by atoms with Crippen LogP contribution in [0.4, 0.5) is 0 Å². The quantitative estimate of drug-likeness (QED) is 0.222. The fourth-order valence-electron chi connectivity index (χ4n) is 5.10. The van der Waals surface area contributed by atoms with E-state index >= 15 is 0 Å². The number of H-pyrrole nitrogens is 1. The third-order valence-corrected chi connectivity index (χ3v) is 7.37. The van der Waals surface area contributed by atoms with Crippen molar-refractivity contribution in [2.45, 2.75) is 20.8 Å². The number of aliphatic imine (C=N–C) groups is 2. The highest BCUT2D eigenvalue weighted by Gasteiger charge is 2.16. The zero-order valence-corrected chi connectivity index (χ0v) is 23.9. The number of carboxylic acid groups (broad SMARTS) is 1. The molecule has 2 aliphatic heterocycles. The number of fused-ring (bicyclic) bond motifs is 2. The van der Waals surface area contributed by atoms with E-state index in [2.05, 4.69) is 89.1 Å². The summed E-state index contributed by atoms with van der Waals surface area (Å²) in [6.07, 6.45) is 1.88. The molecule has 9 heteroatoms. The molecule has 0 saturated heterocycles. The second-order valence-electron chi connectivity index (χ2n) is 11.2. The summed E-state index contributed by atoms with van der Waals surface area (Å²) in [5.74, 6) is 3.02. The van der Waals surface area contributed by atoms with Gasteiger partial charge in [0.05, 0.1) is 11.4 Å². The van der Waals surface area contributed by atoms with E-state index in [1.807, 2.05) is 12.3 Å². The molecule has 9 nitrogen and oxygen atoms in total. The Morgan fingerprint density at radius 1 is 0.833 bits per heavy atom. The second kappa shape index (κ2) is 11.5. The lowest BCUT2D eigenvalue weighted by atomic mass is 10.1. The molecule has 2 atom stereocenters. The molecule has 5 heterocycles. The number of hydrogen-bond donors (Lipinski definition) is 4. The summed E-state index contributed by atoms with van der Waals surface area (Å²) in [7, 11) is 0. The third kappa shape index (κ3) is 5.90. The number of rotatable bonds is 4. The highest BCUT2D eigenvalue weighted by Crippen LogP contribution is 2.30. The summed E-state index contributed by atoms with van der Waals surface area (Å²) in [6.45, 7) is 9.12.